The summed E-state index contributed by atoms with van der Waals surface area (Å²) < 4.78 is 0. The second-order valence-electron chi connectivity index (χ2n) is 5.45. The molecular formula is C18H19N3O. The molecule has 1 heterocycles. The minimum absolute atomic E-state index is 0.250. The van der Waals surface area contributed by atoms with Crippen molar-refractivity contribution in [2.45, 2.75) is 12.8 Å². The number of primary amides is 1. The topological polar surface area (TPSA) is 70.9 Å². The summed E-state index contributed by atoms with van der Waals surface area (Å²) in [6.45, 7) is 2.18. The van der Waals surface area contributed by atoms with Crippen molar-refractivity contribution in [2.24, 2.45) is 5.73 Å². The number of amides is 1. The fourth-order valence-corrected chi connectivity index (χ4v) is 2.84. The van der Waals surface area contributed by atoms with Gasteiger partial charge in [0.25, 0.3) is 5.91 Å². The van der Waals surface area contributed by atoms with Gasteiger partial charge in [-0.15, -0.1) is 0 Å². The molecule has 3 aromatic rings. The Morgan fingerprint density at radius 2 is 1.95 bits per heavy atom. The van der Waals surface area contributed by atoms with Crippen molar-refractivity contribution in [3.05, 3.63) is 65.4 Å². The highest BCUT2D eigenvalue weighted by atomic mass is 16.1. The van der Waals surface area contributed by atoms with E-state index < -0.39 is 5.91 Å². The Kier molecular flexibility index (Phi) is 3.59. The smallest absolute Gasteiger partial charge is 0.265 e. The summed E-state index contributed by atoms with van der Waals surface area (Å²) in [5.41, 5.74) is 10.3. The summed E-state index contributed by atoms with van der Waals surface area (Å²) in [6, 6.07) is 16.3. The van der Waals surface area contributed by atoms with Gasteiger partial charge in [0.05, 0.1) is 0 Å². The molecule has 1 atom stereocenters. The molecule has 0 saturated carbocycles. The van der Waals surface area contributed by atoms with Crippen LogP contribution in [0, 0.1) is 0 Å². The van der Waals surface area contributed by atoms with E-state index in [0.29, 0.717) is 5.69 Å². The Bertz CT molecular complexity index is 835. The maximum atomic E-state index is 11.3. The number of carbonyl (C=O) groups is 1. The van der Waals surface area contributed by atoms with E-state index >= 15 is 0 Å². The lowest BCUT2D eigenvalue weighted by molar-refractivity contribution is 0.0996. The normalized spacial score (nSPS) is 12.3. The molecule has 0 saturated heterocycles. The van der Waals surface area contributed by atoms with Gasteiger partial charge in [-0.2, -0.15) is 0 Å². The molecule has 4 N–H and O–H groups in total. The predicted octanol–water partition coefficient (Wildman–Crippen LogP) is 3.46. The molecule has 3 rings (SSSR count). The Labute approximate surface area is 129 Å². The number of benzene rings is 2. The van der Waals surface area contributed by atoms with E-state index in [9.17, 15) is 4.79 Å². The Morgan fingerprint density at radius 3 is 2.68 bits per heavy atom. The molecule has 4 heteroatoms. The molecule has 112 valence electrons. The number of aromatic nitrogens is 1. The first kappa shape index (κ1) is 14.2. The summed E-state index contributed by atoms with van der Waals surface area (Å²) in [5.74, 6) is -0.189. The van der Waals surface area contributed by atoms with Crippen molar-refractivity contribution in [1.29, 1.82) is 0 Å². The molecule has 4 nitrogen and oxygen atoms in total. The zero-order valence-electron chi connectivity index (χ0n) is 12.7. The predicted molar refractivity (Wildman–Crippen MR) is 90.3 cm³/mol. The first-order valence-corrected chi connectivity index (χ1v) is 7.29. The zero-order chi connectivity index (χ0) is 15.7. The molecule has 0 radical (unpaired) electrons. The third-order valence-electron chi connectivity index (χ3n) is 4.11. The summed E-state index contributed by atoms with van der Waals surface area (Å²) in [6.07, 6.45) is 0. The molecule has 22 heavy (non-hydrogen) atoms. The van der Waals surface area contributed by atoms with Crippen LogP contribution in [-0.4, -0.2) is 17.9 Å². The maximum absolute atomic E-state index is 11.3. The van der Waals surface area contributed by atoms with Crippen LogP contribution < -0.4 is 11.1 Å². The quantitative estimate of drug-likeness (QED) is 0.689. The number of para-hydroxylation sites is 1. The second kappa shape index (κ2) is 5.56. The van der Waals surface area contributed by atoms with Crippen LogP contribution in [0.25, 0.3) is 10.9 Å². The van der Waals surface area contributed by atoms with Gasteiger partial charge in [0, 0.05) is 29.6 Å². The molecule has 1 unspecified atom stereocenters. The summed E-state index contributed by atoms with van der Waals surface area (Å²) in [4.78, 5) is 14.3. The molecule has 1 aromatic heterocycles. The first-order valence-electron chi connectivity index (χ1n) is 7.29. The molecule has 0 spiro atoms. The van der Waals surface area contributed by atoms with Crippen molar-refractivity contribution < 1.29 is 4.79 Å². The summed E-state index contributed by atoms with van der Waals surface area (Å²) in [7, 11) is 1.93. The summed E-state index contributed by atoms with van der Waals surface area (Å²) in [5, 5.41) is 4.24. The van der Waals surface area contributed by atoms with Gasteiger partial charge in [-0.1, -0.05) is 31.2 Å². The van der Waals surface area contributed by atoms with Crippen molar-refractivity contribution in [3.63, 3.8) is 0 Å². The number of aromatic amines is 1. The third-order valence-corrected chi connectivity index (χ3v) is 4.11. The standard InChI is InChI=1S/C18H19N3O/c1-11(14-5-3-4-6-16(14)20-2)12-7-8-15-13(9-12)10-17(21-15)18(19)22/h3-11,20-21H,1-2H3,(H2,19,22). The van der Waals surface area contributed by atoms with Crippen LogP contribution in [-0.2, 0) is 0 Å². The van der Waals surface area contributed by atoms with E-state index in [0.717, 1.165) is 16.6 Å². The fourth-order valence-electron chi connectivity index (χ4n) is 2.84. The van der Waals surface area contributed by atoms with E-state index in [2.05, 4.69) is 41.5 Å². The average Bonchev–Trinajstić information content (AvgIpc) is 2.97. The van der Waals surface area contributed by atoms with Gasteiger partial charge in [0.2, 0.25) is 0 Å². The number of H-pyrrole nitrogens is 1. The maximum Gasteiger partial charge on any atom is 0.265 e. The highest BCUT2D eigenvalue weighted by Gasteiger charge is 2.13. The number of nitrogens with two attached hydrogens (primary N) is 1. The number of rotatable bonds is 4. The monoisotopic (exact) mass is 293 g/mol. The van der Waals surface area contributed by atoms with Crippen LogP contribution in [0.4, 0.5) is 5.69 Å². The number of anilines is 1. The lowest BCUT2D eigenvalue weighted by Crippen LogP contribution is -2.10. The highest BCUT2D eigenvalue weighted by molar-refractivity contribution is 5.97. The first-order chi connectivity index (χ1) is 10.6. The number of carbonyl (C=O) groups excluding carboxylic acids is 1. The molecule has 0 bridgehead atoms. The van der Waals surface area contributed by atoms with E-state index in [1.807, 2.05) is 25.2 Å². The van der Waals surface area contributed by atoms with Crippen LogP contribution in [0.15, 0.2) is 48.5 Å². The fraction of sp³-hybridized carbons (Fsp3) is 0.167. The number of hydrogen-bond acceptors (Lipinski definition) is 2. The molecule has 1 amide bonds. The van der Waals surface area contributed by atoms with Gasteiger partial charge in [-0.05, 0) is 35.4 Å². The molecule has 0 aliphatic carbocycles. The van der Waals surface area contributed by atoms with Gasteiger partial charge in [-0.3, -0.25) is 4.79 Å². The lowest BCUT2D eigenvalue weighted by atomic mass is 9.91. The van der Waals surface area contributed by atoms with Gasteiger partial charge in [0.15, 0.2) is 0 Å². The molecule has 0 fully saturated rings. The molecule has 0 aliphatic rings. The van der Waals surface area contributed by atoms with Gasteiger partial charge >= 0.3 is 0 Å². The summed E-state index contributed by atoms with van der Waals surface area (Å²) >= 11 is 0. The Hall–Kier alpha value is -2.75. The number of fused-ring (bicyclic) bond motifs is 1. The van der Waals surface area contributed by atoms with E-state index in [1.165, 1.54) is 11.1 Å². The van der Waals surface area contributed by atoms with Crippen molar-refractivity contribution in [3.8, 4) is 0 Å². The number of nitrogens with one attached hydrogen (secondary N) is 2. The van der Waals surface area contributed by atoms with Gasteiger partial charge < -0.3 is 16.0 Å². The minimum Gasteiger partial charge on any atom is -0.388 e. The van der Waals surface area contributed by atoms with Crippen LogP contribution in [0.1, 0.15) is 34.5 Å². The van der Waals surface area contributed by atoms with Gasteiger partial charge in [0.1, 0.15) is 5.69 Å². The molecule has 2 aromatic carbocycles. The molecule has 0 aliphatic heterocycles. The highest BCUT2D eigenvalue weighted by Crippen LogP contribution is 2.31. The van der Waals surface area contributed by atoms with Crippen molar-refractivity contribution in [2.75, 3.05) is 12.4 Å². The largest absolute Gasteiger partial charge is 0.388 e. The zero-order valence-corrected chi connectivity index (χ0v) is 12.7. The van der Waals surface area contributed by atoms with Crippen LogP contribution in [0.3, 0.4) is 0 Å². The second-order valence-corrected chi connectivity index (χ2v) is 5.45. The van der Waals surface area contributed by atoms with Crippen molar-refractivity contribution >= 4 is 22.5 Å². The third kappa shape index (κ3) is 2.44. The lowest BCUT2D eigenvalue weighted by Gasteiger charge is -2.16. The van der Waals surface area contributed by atoms with E-state index in [4.69, 9.17) is 5.73 Å². The van der Waals surface area contributed by atoms with Crippen molar-refractivity contribution in [1.82, 2.24) is 4.98 Å². The van der Waals surface area contributed by atoms with Crippen LogP contribution >= 0.6 is 0 Å². The Morgan fingerprint density at radius 1 is 1.18 bits per heavy atom. The van der Waals surface area contributed by atoms with Gasteiger partial charge in [-0.25, -0.2) is 0 Å². The minimum atomic E-state index is -0.439. The van der Waals surface area contributed by atoms with Crippen LogP contribution in [0.5, 0.6) is 0 Å². The number of hydrogen-bond donors (Lipinski definition) is 3. The van der Waals surface area contributed by atoms with E-state index in [1.54, 1.807) is 6.07 Å². The SMILES string of the molecule is CNc1ccccc1C(C)c1ccc2[nH]c(C(N)=O)cc2c1. The Balaban J connectivity index is 2.03. The van der Waals surface area contributed by atoms with Crippen LogP contribution in [0.2, 0.25) is 0 Å². The molecular weight excluding hydrogens is 274 g/mol. The van der Waals surface area contributed by atoms with E-state index in [-0.39, 0.29) is 5.92 Å². The average molecular weight is 293 g/mol.